The molecule has 0 aromatic heterocycles. The second-order valence-corrected chi connectivity index (χ2v) is 14.0. The summed E-state index contributed by atoms with van der Waals surface area (Å²) in [6.45, 7) is 14.6. The monoisotopic (exact) mass is 410 g/mol. The van der Waals surface area contributed by atoms with Gasteiger partial charge in [-0.3, -0.25) is 0 Å². The summed E-state index contributed by atoms with van der Waals surface area (Å²) >= 11 is 0. The molecule has 1 aliphatic heterocycles. The number of rotatable bonds is 5. The smallest absolute Gasteiger partial charge is 0.0988 e. The molecule has 5 aliphatic carbocycles. The van der Waals surface area contributed by atoms with Crippen molar-refractivity contribution in [3.63, 3.8) is 0 Å². The minimum atomic E-state index is 0.329. The molecule has 7 unspecified atom stereocenters. The summed E-state index contributed by atoms with van der Waals surface area (Å²) in [5, 5.41) is 0. The molecule has 6 rings (SSSR count). The standard InChI is InChI=1S/C29H46O/c1-27(2,23-11-20-9-10-21(20)12-23)29(5,25-13-18-7-6-8-19(18)14-25)28(3,4)24-15-22-17-30-26(22)16-24/h16,18-25H,6-15,17H2,1-5H3. The molecule has 6 aliphatic rings. The van der Waals surface area contributed by atoms with Crippen molar-refractivity contribution in [3.05, 3.63) is 11.8 Å². The van der Waals surface area contributed by atoms with Crippen LogP contribution in [0.15, 0.2) is 11.8 Å². The molecule has 0 radical (unpaired) electrons. The Morgan fingerprint density at radius 3 is 1.73 bits per heavy atom. The quantitative estimate of drug-likeness (QED) is 0.448. The molecule has 0 aromatic rings. The van der Waals surface area contributed by atoms with Crippen LogP contribution in [0.5, 0.6) is 0 Å². The van der Waals surface area contributed by atoms with Crippen LogP contribution in [0.25, 0.3) is 0 Å². The van der Waals surface area contributed by atoms with Gasteiger partial charge in [-0.2, -0.15) is 0 Å². The van der Waals surface area contributed by atoms with Crippen molar-refractivity contribution in [1.29, 1.82) is 0 Å². The van der Waals surface area contributed by atoms with Gasteiger partial charge in [0, 0.05) is 0 Å². The average molecular weight is 411 g/mol. The van der Waals surface area contributed by atoms with Crippen molar-refractivity contribution in [2.45, 2.75) is 98.8 Å². The number of allylic oxidation sites excluding steroid dienone is 1. The lowest BCUT2D eigenvalue weighted by Crippen LogP contribution is -2.56. The average Bonchev–Trinajstić information content (AvgIpc) is 3.38. The lowest BCUT2D eigenvalue weighted by Gasteiger charge is -2.62. The fraction of sp³-hybridized carbons (Fsp3) is 0.931. The predicted molar refractivity (Wildman–Crippen MR) is 124 cm³/mol. The van der Waals surface area contributed by atoms with Crippen LogP contribution in [-0.2, 0) is 4.74 Å². The van der Waals surface area contributed by atoms with Gasteiger partial charge >= 0.3 is 0 Å². The van der Waals surface area contributed by atoms with Gasteiger partial charge in [0.2, 0.25) is 0 Å². The van der Waals surface area contributed by atoms with Crippen molar-refractivity contribution >= 4 is 0 Å². The Morgan fingerprint density at radius 1 is 0.700 bits per heavy atom. The van der Waals surface area contributed by atoms with E-state index in [1.54, 1.807) is 0 Å². The van der Waals surface area contributed by atoms with E-state index < -0.39 is 0 Å². The van der Waals surface area contributed by atoms with Gasteiger partial charge in [-0.1, -0.05) is 53.9 Å². The minimum Gasteiger partial charge on any atom is -0.497 e. The molecule has 0 spiro atoms. The highest BCUT2D eigenvalue weighted by Gasteiger charge is 2.64. The maximum atomic E-state index is 5.86. The van der Waals surface area contributed by atoms with E-state index in [9.17, 15) is 0 Å². The number of hydrogen-bond donors (Lipinski definition) is 0. The lowest BCUT2D eigenvalue weighted by molar-refractivity contribution is -0.135. The van der Waals surface area contributed by atoms with E-state index in [1.807, 2.05) is 0 Å². The van der Waals surface area contributed by atoms with Crippen LogP contribution in [0, 0.1) is 63.6 Å². The molecule has 1 heteroatoms. The van der Waals surface area contributed by atoms with Crippen LogP contribution >= 0.6 is 0 Å². The molecular weight excluding hydrogens is 364 g/mol. The first-order valence-corrected chi connectivity index (χ1v) is 13.6. The zero-order chi connectivity index (χ0) is 20.9. The Morgan fingerprint density at radius 2 is 1.27 bits per heavy atom. The van der Waals surface area contributed by atoms with Gasteiger partial charge in [0.05, 0.1) is 18.3 Å². The van der Waals surface area contributed by atoms with Gasteiger partial charge in [0.1, 0.15) is 0 Å². The molecule has 1 nitrogen and oxygen atoms in total. The summed E-state index contributed by atoms with van der Waals surface area (Å²) in [5.41, 5.74) is 1.14. The minimum absolute atomic E-state index is 0.329. The second-order valence-electron chi connectivity index (χ2n) is 14.0. The highest BCUT2D eigenvalue weighted by molar-refractivity contribution is 5.21. The third kappa shape index (κ3) is 2.53. The Labute approximate surface area is 185 Å². The van der Waals surface area contributed by atoms with E-state index >= 15 is 0 Å². The van der Waals surface area contributed by atoms with E-state index in [-0.39, 0.29) is 0 Å². The van der Waals surface area contributed by atoms with Crippen molar-refractivity contribution < 1.29 is 4.74 Å². The highest BCUT2D eigenvalue weighted by atomic mass is 16.5. The third-order valence-electron chi connectivity index (χ3n) is 12.9. The number of ether oxygens (including phenoxy) is 1. The second kappa shape index (κ2) is 6.54. The first-order valence-electron chi connectivity index (χ1n) is 13.6. The van der Waals surface area contributed by atoms with E-state index in [1.165, 1.54) is 70.0 Å². The fourth-order valence-corrected chi connectivity index (χ4v) is 10.1. The molecule has 0 N–H and O–H groups in total. The normalized spacial score (nSPS) is 46.8. The summed E-state index contributed by atoms with van der Waals surface area (Å²) in [6.07, 6.45) is 17.6. The Bertz CT molecular complexity index is 707. The molecule has 1 heterocycles. The Balaban J connectivity index is 1.37. The summed E-state index contributed by atoms with van der Waals surface area (Å²) in [5.74, 6) is 8.86. The maximum Gasteiger partial charge on any atom is 0.0988 e. The molecule has 4 saturated carbocycles. The van der Waals surface area contributed by atoms with Crippen LogP contribution in [0.1, 0.15) is 98.8 Å². The zero-order valence-corrected chi connectivity index (χ0v) is 20.4. The summed E-state index contributed by atoms with van der Waals surface area (Å²) in [6, 6.07) is 0. The van der Waals surface area contributed by atoms with Crippen LogP contribution in [0.3, 0.4) is 0 Å². The van der Waals surface area contributed by atoms with Crippen molar-refractivity contribution in [1.82, 2.24) is 0 Å². The molecule has 168 valence electrons. The zero-order valence-electron chi connectivity index (χ0n) is 20.4. The summed E-state index contributed by atoms with van der Waals surface area (Å²) in [7, 11) is 0. The maximum absolute atomic E-state index is 5.86. The van der Waals surface area contributed by atoms with E-state index in [4.69, 9.17) is 4.74 Å². The van der Waals surface area contributed by atoms with E-state index in [0.717, 1.165) is 48.0 Å². The largest absolute Gasteiger partial charge is 0.497 e. The van der Waals surface area contributed by atoms with E-state index in [0.29, 0.717) is 22.2 Å². The van der Waals surface area contributed by atoms with Crippen molar-refractivity contribution in [2.75, 3.05) is 6.61 Å². The number of fused-ring (bicyclic) bond motifs is 3. The van der Waals surface area contributed by atoms with Crippen LogP contribution in [0.2, 0.25) is 0 Å². The first kappa shape index (κ1) is 20.2. The van der Waals surface area contributed by atoms with E-state index in [2.05, 4.69) is 40.7 Å². The topological polar surface area (TPSA) is 9.23 Å². The molecule has 1 saturated heterocycles. The SMILES string of the molecule is CC(C)(C1C=C2OCC2C1)C(C)(C1CC2CCCC2C1)C(C)(C)C1CC2CCC2C1. The third-order valence-corrected chi connectivity index (χ3v) is 12.9. The molecule has 0 aromatic carbocycles. The van der Waals surface area contributed by atoms with Crippen molar-refractivity contribution in [3.8, 4) is 0 Å². The molecule has 7 atom stereocenters. The Kier molecular flexibility index (Phi) is 4.40. The van der Waals surface area contributed by atoms with Gasteiger partial charge in [-0.15, -0.1) is 0 Å². The lowest BCUT2D eigenvalue weighted by atomic mass is 9.42. The first-order chi connectivity index (χ1) is 14.2. The van der Waals surface area contributed by atoms with Crippen LogP contribution < -0.4 is 0 Å². The van der Waals surface area contributed by atoms with Crippen molar-refractivity contribution in [2.24, 2.45) is 63.6 Å². The molecule has 30 heavy (non-hydrogen) atoms. The number of hydrogen-bond acceptors (Lipinski definition) is 1. The molecule has 0 bridgehead atoms. The van der Waals surface area contributed by atoms with Gasteiger partial charge in [0.15, 0.2) is 0 Å². The van der Waals surface area contributed by atoms with Gasteiger partial charge in [-0.25, -0.2) is 0 Å². The molecular formula is C29H46O. The van der Waals surface area contributed by atoms with Gasteiger partial charge < -0.3 is 4.74 Å². The molecule has 0 amide bonds. The highest BCUT2D eigenvalue weighted by Crippen LogP contribution is 2.71. The van der Waals surface area contributed by atoms with Crippen LogP contribution in [0.4, 0.5) is 0 Å². The van der Waals surface area contributed by atoms with Gasteiger partial charge in [0.25, 0.3) is 0 Å². The molecule has 5 fully saturated rings. The summed E-state index contributed by atoms with van der Waals surface area (Å²) in [4.78, 5) is 0. The van der Waals surface area contributed by atoms with Crippen LogP contribution in [-0.4, -0.2) is 6.61 Å². The predicted octanol–water partition coefficient (Wildman–Crippen LogP) is 7.86. The Hall–Kier alpha value is -0.460. The summed E-state index contributed by atoms with van der Waals surface area (Å²) < 4.78 is 5.86. The fourth-order valence-electron chi connectivity index (χ4n) is 10.1. The van der Waals surface area contributed by atoms with Gasteiger partial charge in [-0.05, 0) is 109 Å².